The van der Waals surface area contributed by atoms with Crippen LogP contribution >= 0.6 is 27.3 Å². The Morgan fingerprint density at radius 3 is 2.83 bits per heavy atom. The van der Waals surface area contributed by atoms with Crippen LogP contribution in [-0.2, 0) is 0 Å². The fourth-order valence-electron chi connectivity index (χ4n) is 2.03. The first-order valence-electron chi connectivity index (χ1n) is 5.57. The maximum absolute atomic E-state index is 11.9. The molecule has 1 aliphatic heterocycles. The minimum absolute atomic E-state index is 0.0487. The molecule has 90 valence electrons. The predicted octanol–water partition coefficient (Wildman–Crippen LogP) is 4.14. The van der Waals surface area contributed by atoms with Crippen molar-refractivity contribution in [3.63, 3.8) is 0 Å². The largest absolute Gasteiger partial charge is 0.288 e. The van der Waals surface area contributed by atoms with Gasteiger partial charge in [0.25, 0.3) is 0 Å². The molecule has 0 saturated heterocycles. The Morgan fingerprint density at radius 1 is 1.28 bits per heavy atom. The normalized spacial score (nSPS) is 11.3. The van der Waals surface area contributed by atoms with Crippen molar-refractivity contribution in [1.82, 2.24) is 4.98 Å². The first kappa shape index (κ1) is 11.8. The third-order valence-electron chi connectivity index (χ3n) is 3.04. The van der Waals surface area contributed by atoms with Crippen molar-refractivity contribution in [2.24, 2.45) is 0 Å². The SMILES string of the molecule is Cc1c2sc3cccc(C)c3nc-2cc(Br)c1=O. The Balaban J connectivity index is 2.54. The maximum atomic E-state index is 11.9. The molecule has 2 nitrogen and oxygen atoms in total. The molecular weight excluding hydrogens is 310 g/mol. The van der Waals surface area contributed by atoms with Gasteiger partial charge < -0.3 is 0 Å². The monoisotopic (exact) mass is 319 g/mol. The van der Waals surface area contributed by atoms with E-state index in [0.717, 1.165) is 31.9 Å². The van der Waals surface area contributed by atoms with E-state index < -0.39 is 0 Å². The van der Waals surface area contributed by atoms with Crippen molar-refractivity contribution < 1.29 is 0 Å². The standard InChI is InChI=1S/C14H10BrNOS/c1-7-4-3-5-11-12(7)16-10-6-9(15)13(17)8(2)14(10)18-11/h3-6H,1-2H3. The van der Waals surface area contributed by atoms with Crippen LogP contribution in [0.2, 0.25) is 0 Å². The van der Waals surface area contributed by atoms with Gasteiger partial charge in [-0.25, -0.2) is 4.98 Å². The van der Waals surface area contributed by atoms with Crippen LogP contribution in [0.15, 0.2) is 33.5 Å². The van der Waals surface area contributed by atoms with Crippen molar-refractivity contribution in [3.8, 4) is 10.6 Å². The summed E-state index contributed by atoms with van der Waals surface area (Å²) < 4.78 is 1.70. The Hall–Kier alpha value is -1.26. The Morgan fingerprint density at radius 2 is 2.06 bits per heavy atom. The van der Waals surface area contributed by atoms with Crippen LogP contribution < -0.4 is 5.43 Å². The van der Waals surface area contributed by atoms with Crippen LogP contribution in [0.4, 0.5) is 0 Å². The molecule has 1 aromatic carbocycles. The average Bonchev–Trinajstić information content (AvgIpc) is 2.36. The molecule has 0 spiro atoms. The smallest absolute Gasteiger partial charge is 0.197 e. The highest BCUT2D eigenvalue weighted by Gasteiger charge is 2.15. The second-order valence-electron chi connectivity index (χ2n) is 4.30. The molecule has 0 unspecified atom stereocenters. The summed E-state index contributed by atoms with van der Waals surface area (Å²) in [5, 5.41) is 0. The summed E-state index contributed by atoms with van der Waals surface area (Å²) in [5.74, 6) is 0. The van der Waals surface area contributed by atoms with Crippen molar-refractivity contribution >= 4 is 37.5 Å². The molecule has 0 saturated carbocycles. The van der Waals surface area contributed by atoms with E-state index >= 15 is 0 Å². The molecule has 0 N–H and O–H groups in total. The summed E-state index contributed by atoms with van der Waals surface area (Å²) in [6, 6.07) is 7.93. The maximum Gasteiger partial charge on any atom is 0.197 e. The van der Waals surface area contributed by atoms with Gasteiger partial charge in [0.05, 0.1) is 25.3 Å². The lowest BCUT2D eigenvalue weighted by Crippen LogP contribution is -2.08. The van der Waals surface area contributed by atoms with E-state index in [-0.39, 0.29) is 5.43 Å². The minimum atomic E-state index is 0.0487. The summed E-state index contributed by atoms with van der Waals surface area (Å²) in [6.45, 7) is 3.91. The fourth-order valence-corrected chi connectivity index (χ4v) is 3.66. The molecule has 3 rings (SSSR count). The molecule has 4 heteroatoms. The van der Waals surface area contributed by atoms with E-state index in [9.17, 15) is 4.79 Å². The highest BCUT2D eigenvalue weighted by molar-refractivity contribution is 9.10. The van der Waals surface area contributed by atoms with Crippen LogP contribution in [0.1, 0.15) is 11.1 Å². The van der Waals surface area contributed by atoms with Gasteiger partial charge in [-0.3, -0.25) is 4.79 Å². The zero-order valence-electron chi connectivity index (χ0n) is 9.95. The number of hydrogen-bond acceptors (Lipinski definition) is 3. The number of para-hydroxylation sites is 1. The highest BCUT2D eigenvalue weighted by Crippen LogP contribution is 2.34. The first-order valence-corrected chi connectivity index (χ1v) is 7.18. The number of nitrogens with zero attached hydrogens (tertiary/aromatic N) is 1. The zero-order valence-corrected chi connectivity index (χ0v) is 12.4. The molecule has 1 heterocycles. The predicted molar refractivity (Wildman–Crippen MR) is 79.7 cm³/mol. The zero-order chi connectivity index (χ0) is 12.9. The number of hydrogen-bond donors (Lipinski definition) is 0. The molecule has 0 radical (unpaired) electrons. The van der Waals surface area contributed by atoms with Gasteiger partial charge in [0.2, 0.25) is 0 Å². The number of benzene rings is 2. The van der Waals surface area contributed by atoms with Crippen LogP contribution in [0.25, 0.3) is 20.8 Å². The van der Waals surface area contributed by atoms with Gasteiger partial charge in [0.1, 0.15) is 0 Å². The van der Waals surface area contributed by atoms with Gasteiger partial charge in [-0.1, -0.05) is 12.1 Å². The lowest BCUT2D eigenvalue weighted by atomic mass is 10.1. The Labute approximate surface area is 117 Å². The average molecular weight is 320 g/mol. The van der Waals surface area contributed by atoms with Gasteiger partial charge >= 0.3 is 0 Å². The summed E-state index contributed by atoms with van der Waals surface area (Å²) >= 11 is 4.93. The van der Waals surface area contributed by atoms with Gasteiger partial charge in [-0.2, -0.15) is 0 Å². The molecule has 0 atom stereocenters. The van der Waals surface area contributed by atoms with Crippen LogP contribution in [0.5, 0.6) is 0 Å². The summed E-state index contributed by atoms with van der Waals surface area (Å²) in [5.41, 5.74) is 3.86. The quantitative estimate of drug-likeness (QED) is 0.583. The molecule has 2 aliphatic rings. The number of rotatable bonds is 0. The molecule has 0 aromatic heterocycles. The molecule has 0 bridgehead atoms. The Kier molecular flexibility index (Phi) is 2.72. The second-order valence-corrected chi connectivity index (χ2v) is 6.20. The molecule has 1 aromatic rings. The van der Waals surface area contributed by atoms with Crippen LogP contribution in [0.3, 0.4) is 0 Å². The third kappa shape index (κ3) is 1.68. The molecule has 0 amide bonds. The van der Waals surface area contributed by atoms with Gasteiger partial charge in [0.15, 0.2) is 5.43 Å². The van der Waals surface area contributed by atoms with Crippen LogP contribution in [-0.4, -0.2) is 4.98 Å². The summed E-state index contributed by atoms with van der Waals surface area (Å²) in [6.07, 6.45) is 0. The lowest BCUT2D eigenvalue weighted by molar-refractivity contribution is 1.31. The molecule has 18 heavy (non-hydrogen) atoms. The highest BCUT2D eigenvalue weighted by atomic mass is 79.9. The Bertz CT molecular complexity index is 794. The number of aromatic nitrogens is 1. The molecule has 1 aliphatic carbocycles. The third-order valence-corrected chi connectivity index (χ3v) is 4.90. The topological polar surface area (TPSA) is 30.0 Å². The fraction of sp³-hybridized carbons (Fsp3) is 0.143. The number of aryl methyl sites for hydroxylation is 1. The summed E-state index contributed by atoms with van der Waals surface area (Å²) in [7, 11) is 0. The van der Waals surface area contributed by atoms with Gasteiger partial charge in [0, 0.05) is 5.56 Å². The van der Waals surface area contributed by atoms with Crippen molar-refractivity contribution in [2.75, 3.05) is 0 Å². The summed E-state index contributed by atoms with van der Waals surface area (Å²) in [4.78, 5) is 17.6. The van der Waals surface area contributed by atoms with E-state index in [1.807, 2.05) is 25.1 Å². The van der Waals surface area contributed by atoms with Crippen LogP contribution in [0, 0.1) is 13.8 Å². The van der Waals surface area contributed by atoms with Crippen molar-refractivity contribution in [1.29, 1.82) is 0 Å². The number of fused-ring (bicyclic) bond motifs is 2. The first-order chi connectivity index (χ1) is 8.58. The van der Waals surface area contributed by atoms with E-state index in [4.69, 9.17) is 0 Å². The molecule has 0 fully saturated rings. The number of halogens is 1. The van der Waals surface area contributed by atoms with E-state index in [1.165, 1.54) is 0 Å². The van der Waals surface area contributed by atoms with E-state index in [1.54, 1.807) is 11.3 Å². The van der Waals surface area contributed by atoms with Crippen molar-refractivity contribution in [2.45, 2.75) is 13.8 Å². The van der Waals surface area contributed by atoms with Gasteiger partial charge in [-0.05, 0) is 47.5 Å². The van der Waals surface area contributed by atoms with Gasteiger partial charge in [-0.15, -0.1) is 11.3 Å². The lowest BCUT2D eigenvalue weighted by Gasteiger charge is -2.10. The minimum Gasteiger partial charge on any atom is -0.288 e. The molecular formula is C14H10BrNOS. The van der Waals surface area contributed by atoms with Crippen molar-refractivity contribution in [3.05, 3.63) is 50.1 Å². The second kappa shape index (κ2) is 4.14. The van der Waals surface area contributed by atoms with E-state index in [0.29, 0.717) is 4.47 Å². The van der Waals surface area contributed by atoms with E-state index in [2.05, 4.69) is 33.9 Å².